The van der Waals surface area contributed by atoms with Crippen molar-refractivity contribution in [1.29, 1.82) is 0 Å². The summed E-state index contributed by atoms with van der Waals surface area (Å²) in [5.74, 6) is 0. The molecule has 0 aromatic carbocycles. The smallest absolute Gasteiger partial charge is 0.0356 e. The molecule has 0 atom stereocenters. The van der Waals surface area contributed by atoms with Crippen molar-refractivity contribution in [2.24, 2.45) is 0 Å². The Balaban J connectivity index is -0.000000144. The highest BCUT2D eigenvalue weighted by molar-refractivity contribution is 4.94. The Morgan fingerprint density at radius 2 is 1.27 bits per heavy atom. The molecular formula is C15H28. The first-order chi connectivity index (χ1) is 7.24. The van der Waals surface area contributed by atoms with Crippen molar-refractivity contribution < 1.29 is 0 Å². The van der Waals surface area contributed by atoms with Crippen molar-refractivity contribution in [2.75, 3.05) is 0 Å². The third-order valence-electron chi connectivity index (χ3n) is 1.31. The van der Waals surface area contributed by atoms with E-state index < -0.39 is 0 Å². The van der Waals surface area contributed by atoms with Crippen LogP contribution in [0.5, 0.6) is 0 Å². The second-order valence-corrected chi connectivity index (χ2v) is 2.92. The van der Waals surface area contributed by atoms with E-state index in [0.29, 0.717) is 0 Å². The molecule has 0 saturated carbocycles. The molecule has 0 nitrogen and oxygen atoms in total. The summed E-state index contributed by atoms with van der Waals surface area (Å²) in [5, 5.41) is 0. The highest BCUT2D eigenvalue weighted by atomic mass is 13.7. The summed E-state index contributed by atoms with van der Waals surface area (Å²) in [5.41, 5.74) is 0. The van der Waals surface area contributed by atoms with Crippen molar-refractivity contribution in [2.45, 2.75) is 46.5 Å². The highest BCUT2D eigenvalue weighted by Gasteiger charge is 1.62. The maximum Gasteiger partial charge on any atom is -0.0356 e. The fourth-order valence-electron chi connectivity index (χ4n) is 0.544. The average molecular weight is 208 g/mol. The number of unbranched alkanes of at least 4 members (excludes halogenated alkanes) is 2. The molecule has 0 radical (unpaired) electrons. The molecule has 0 rings (SSSR count). The maximum atomic E-state index is 3.55. The molecular weight excluding hydrogens is 180 g/mol. The lowest BCUT2D eigenvalue weighted by molar-refractivity contribution is 0.961. The Bertz CT molecular complexity index is 130. The number of hydrogen-bond acceptors (Lipinski definition) is 0. The molecule has 0 aliphatic heterocycles. The number of allylic oxidation sites excluding steroid dienone is 5. The van der Waals surface area contributed by atoms with E-state index in [-0.39, 0.29) is 0 Å². The molecule has 0 aliphatic rings. The summed E-state index contributed by atoms with van der Waals surface area (Å²) >= 11 is 0. The van der Waals surface area contributed by atoms with Gasteiger partial charge in [-0.25, -0.2) is 0 Å². The lowest BCUT2D eigenvalue weighted by atomic mass is 10.3. The molecule has 15 heavy (non-hydrogen) atoms. The van der Waals surface area contributed by atoms with Gasteiger partial charge in [-0.15, -0.1) is 13.2 Å². The molecule has 0 amide bonds. The minimum atomic E-state index is 1.15. The van der Waals surface area contributed by atoms with E-state index in [1.807, 2.05) is 31.2 Å². The zero-order valence-corrected chi connectivity index (χ0v) is 10.8. The van der Waals surface area contributed by atoms with E-state index >= 15 is 0 Å². The van der Waals surface area contributed by atoms with E-state index in [1.54, 1.807) is 6.08 Å². The van der Waals surface area contributed by atoms with E-state index in [2.05, 4.69) is 33.6 Å². The highest BCUT2D eigenvalue weighted by Crippen LogP contribution is 1.82. The predicted molar refractivity (Wildman–Crippen MR) is 75.2 cm³/mol. The third kappa shape index (κ3) is 63.3. The molecule has 0 aromatic rings. The average Bonchev–Trinajstić information content (AvgIpc) is 2.23. The Morgan fingerprint density at radius 1 is 0.867 bits per heavy atom. The van der Waals surface area contributed by atoms with E-state index in [4.69, 9.17) is 0 Å². The molecule has 0 heterocycles. The summed E-state index contributed by atoms with van der Waals surface area (Å²) in [4.78, 5) is 0. The van der Waals surface area contributed by atoms with Gasteiger partial charge >= 0.3 is 0 Å². The van der Waals surface area contributed by atoms with Gasteiger partial charge in [0.1, 0.15) is 0 Å². The normalized spacial score (nSPS) is 7.93. The van der Waals surface area contributed by atoms with Gasteiger partial charge in [0.15, 0.2) is 0 Å². The lowest BCUT2D eigenvalue weighted by Gasteiger charge is -1.72. The summed E-state index contributed by atoms with van der Waals surface area (Å²) in [6.45, 7) is 16.8. The quantitative estimate of drug-likeness (QED) is 0.402. The molecule has 0 bridgehead atoms. The maximum absolute atomic E-state index is 3.55. The SMILES string of the molecule is C=CC=CC.C=CCCC.C=CCCC. The second kappa shape index (κ2) is 29.3. The topological polar surface area (TPSA) is 0 Å². The molecule has 0 aliphatic carbocycles. The van der Waals surface area contributed by atoms with Crippen molar-refractivity contribution in [3.63, 3.8) is 0 Å². The van der Waals surface area contributed by atoms with E-state index in [0.717, 1.165) is 12.8 Å². The Labute approximate surface area is 97.1 Å². The minimum Gasteiger partial charge on any atom is -0.103 e. The van der Waals surface area contributed by atoms with Crippen LogP contribution in [0.3, 0.4) is 0 Å². The summed E-state index contributed by atoms with van der Waals surface area (Å²) in [7, 11) is 0. The third-order valence-corrected chi connectivity index (χ3v) is 1.31. The Kier molecular flexibility index (Phi) is 38.1. The van der Waals surface area contributed by atoms with E-state index in [1.165, 1.54) is 12.8 Å². The summed E-state index contributed by atoms with van der Waals surface area (Å²) in [6, 6.07) is 0. The van der Waals surface area contributed by atoms with Crippen LogP contribution in [0, 0.1) is 0 Å². The molecule has 88 valence electrons. The van der Waals surface area contributed by atoms with Crippen molar-refractivity contribution in [1.82, 2.24) is 0 Å². The standard InChI is InChI=1S/2C5H10.C5H8/c3*1-3-5-4-2/h2*3H,1,4-5H2,2H3;3-5H,1H2,2H3. The van der Waals surface area contributed by atoms with E-state index in [9.17, 15) is 0 Å². The second-order valence-electron chi connectivity index (χ2n) is 2.92. The van der Waals surface area contributed by atoms with Crippen LogP contribution < -0.4 is 0 Å². The predicted octanol–water partition coefficient (Wildman–Crippen LogP) is 5.69. The molecule has 0 N–H and O–H groups in total. The first kappa shape index (κ1) is 19.5. The zero-order chi connectivity index (χ0) is 12.4. The molecule has 0 aromatic heterocycles. The van der Waals surface area contributed by atoms with Crippen LogP contribution in [0.25, 0.3) is 0 Å². The van der Waals surface area contributed by atoms with Crippen molar-refractivity contribution >= 4 is 0 Å². The van der Waals surface area contributed by atoms with Gasteiger partial charge in [-0.05, 0) is 19.8 Å². The largest absolute Gasteiger partial charge is 0.103 e. The van der Waals surface area contributed by atoms with Gasteiger partial charge in [-0.3, -0.25) is 0 Å². The molecule has 0 heteroatoms. The Morgan fingerprint density at radius 3 is 1.27 bits per heavy atom. The molecule has 0 saturated heterocycles. The number of hydrogen-bond donors (Lipinski definition) is 0. The zero-order valence-electron chi connectivity index (χ0n) is 10.8. The van der Waals surface area contributed by atoms with Gasteiger partial charge in [0.2, 0.25) is 0 Å². The summed E-state index contributed by atoms with van der Waals surface area (Å²) in [6.07, 6.45) is 14.2. The van der Waals surface area contributed by atoms with Crippen LogP contribution in [0.15, 0.2) is 50.1 Å². The monoisotopic (exact) mass is 208 g/mol. The molecule has 0 fully saturated rings. The van der Waals surface area contributed by atoms with Crippen molar-refractivity contribution in [3.8, 4) is 0 Å². The molecule has 0 unspecified atom stereocenters. The van der Waals surface area contributed by atoms with Crippen LogP contribution in [-0.4, -0.2) is 0 Å². The fourth-order valence-corrected chi connectivity index (χ4v) is 0.544. The van der Waals surface area contributed by atoms with Gasteiger partial charge in [-0.1, -0.05) is 63.6 Å². The fraction of sp³-hybridized carbons (Fsp3) is 0.467. The van der Waals surface area contributed by atoms with Crippen LogP contribution in [0.2, 0.25) is 0 Å². The van der Waals surface area contributed by atoms with Gasteiger partial charge in [0.25, 0.3) is 0 Å². The minimum absolute atomic E-state index is 1.15. The first-order valence-electron chi connectivity index (χ1n) is 5.70. The van der Waals surface area contributed by atoms with Gasteiger partial charge in [0.05, 0.1) is 0 Å². The van der Waals surface area contributed by atoms with Crippen LogP contribution in [0.4, 0.5) is 0 Å². The van der Waals surface area contributed by atoms with Crippen LogP contribution >= 0.6 is 0 Å². The number of rotatable bonds is 5. The van der Waals surface area contributed by atoms with Gasteiger partial charge in [-0.2, -0.15) is 0 Å². The molecule has 0 spiro atoms. The van der Waals surface area contributed by atoms with Crippen LogP contribution in [-0.2, 0) is 0 Å². The summed E-state index contributed by atoms with van der Waals surface area (Å²) < 4.78 is 0. The van der Waals surface area contributed by atoms with Gasteiger partial charge in [0, 0.05) is 0 Å². The van der Waals surface area contributed by atoms with Gasteiger partial charge < -0.3 is 0 Å². The lowest BCUT2D eigenvalue weighted by Crippen LogP contribution is -1.52. The van der Waals surface area contributed by atoms with Crippen molar-refractivity contribution in [3.05, 3.63) is 50.1 Å². The first-order valence-corrected chi connectivity index (χ1v) is 5.70. The Hall–Kier alpha value is -1.04. The van der Waals surface area contributed by atoms with Crippen LogP contribution in [0.1, 0.15) is 46.5 Å².